The molecule has 0 atom stereocenters. The summed E-state index contributed by atoms with van der Waals surface area (Å²) < 4.78 is 25.3. The van der Waals surface area contributed by atoms with Crippen molar-refractivity contribution in [1.82, 2.24) is 28.0 Å². The topological polar surface area (TPSA) is 78.7 Å². The molecule has 3 aromatic heterocycles. The van der Waals surface area contributed by atoms with Gasteiger partial charge in [0, 0.05) is 44.6 Å². The van der Waals surface area contributed by atoms with Gasteiger partial charge in [-0.3, -0.25) is 23.2 Å². The van der Waals surface area contributed by atoms with Gasteiger partial charge in [0.25, 0.3) is 5.56 Å². The molecule has 1 fully saturated rings. The van der Waals surface area contributed by atoms with Crippen LogP contribution in [0.25, 0.3) is 16.9 Å². The van der Waals surface area contributed by atoms with Gasteiger partial charge in [-0.25, -0.2) is 9.18 Å². The fourth-order valence-electron chi connectivity index (χ4n) is 4.77. The van der Waals surface area contributed by atoms with Crippen LogP contribution in [0.4, 0.5) is 4.39 Å². The second-order valence-corrected chi connectivity index (χ2v) is 8.91. The van der Waals surface area contributed by atoms with Gasteiger partial charge in [-0.15, -0.1) is 0 Å². The van der Waals surface area contributed by atoms with Crippen LogP contribution in [0.2, 0.25) is 0 Å². The van der Waals surface area contributed by atoms with Crippen molar-refractivity contribution in [3.05, 3.63) is 67.9 Å². The average molecular weight is 469 g/mol. The molecule has 1 aliphatic rings. The minimum absolute atomic E-state index is 0.0627. The molecule has 0 radical (unpaired) electrons. The lowest BCUT2D eigenvalue weighted by Crippen LogP contribution is -2.39. The molecule has 9 nitrogen and oxygen atoms in total. The number of morpholine rings is 1. The number of aromatic nitrogens is 5. The van der Waals surface area contributed by atoms with E-state index in [2.05, 4.69) is 9.47 Å². The number of benzene rings is 1. The summed E-state index contributed by atoms with van der Waals surface area (Å²) in [7, 11) is 1.63. The smallest absolute Gasteiger partial charge is 0.332 e. The molecule has 1 aromatic carbocycles. The highest BCUT2D eigenvalue weighted by Crippen LogP contribution is 2.21. The van der Waals surface area contributed by atoms with Crippen LogP contribution >= 0.6 is 0 Å². The van der Waals surface area contributed by atoms with Crippen LogP contribution in [-0.2, 0) is 24.9 Å². The van der Waals surface area contributed by atoms with Crippen LogP contribution in [0.1, 0.15) is 23.4 Å². The summed E-state index contributed by atoms with van der Waals surface area (Å²) in [4.78, 5) is 33.7. The van der Waals surface area contributed by atoms with Gasteiger partial charge in [-0.2, -0.15) is 4.98 Å². The van der Waals surface area contributed by atoms with Crippen LogP contribution in [0.3, 0.4) is 0 Å². The van der Waals surface area contributed by atoms with Gasteiger partial charge in [-0.1, -0.05) is 12.1 Å². The zero-order valence-corrected chi connectivity index (χ0v) is 19.8. The molecule has 1 saturated heterocycles. The molecule has 0 aliphatic carbocycles. The van der Waals surface area contributed by atoms with Crippen molar-refractivity contribution in [3.8, 4) is 0 Å². The molecule has 1 aliphatic heterocycles. The Hall–Kier alpha value is -3.24. The number of nitrogens with zero attached hydrogens (tertiary/aromatic N) is 6. The van der Waals surface area contributed by atoms with E-state index in [4.69, 9.17) is 9.72 Å². The summed E-state index contributed by atoms with van der Waals surface area (Å²) in [6, 6.07) is 5.81. The number of ether oxygens (including phenoxy) is 1. The first kappa shape index (κ1) is 22.5. The van der Waals surface area contributed by atoms with Gasteiger partial charge >= 0.3 is 5.69 Å². The number of aryl methyl sites for hydroxylation is 3. The van der Waals surface area contributed by atoms with Crippen LogP contribution in [-0.4, -0.2) is 60.8 Å². The maximum absolute atomic E-state index is 13.5. The Morgan fingerprint density at radius 2 is 1.71 bits per heavy atom. The third-order valence-corrected chi connectivity index (χ3v) is 6.84. The molecule has 0 N–H and O–H groups in total. The summed E-state index contributed by atoms with van der Waals surface area (Å²) in [6.45, 7) is 9.24. The molecule has 0 bridgehead atoms. The van der Waals surface area contributed by atoms with Gasteiger partial charge in [0.05, 0.1) is 19.8 Å². The summed E-state index contributed by atoms with van der Waals surface area (Å²) in [5.74, 6) is 0.302. The van der Waals surface area contributed by atoms with Gasteiger partial charge in [0.15, 0.2) is 11.2 Å². The molecule has 4 heterocycles. The summed E-state index contributed by atoms with van der Waals surface area (Å²) in [6.07, 6.45) is 0.946. The van der Waals surface area contributed by atoms with Crippen LogP contribution in [0.5, 0.6) is 0 Å². The standard InChI is InChI=1S/C24H29FN6O3/c1-16-17(2)31-20-21(26-23(31)29(16)10-4-9-28-11-13-34-14-12-28)27(3)24(33)30(22(20)32)15-18-5-7-19(25)8-6-18/h5-8H,4,9-15H2,1-3H3. The maximum Gasteiger partial charge on any atom is 0.332 e. The average Bonchev–Trinajstić information content (AvgIpc) is 3.34. The molecular weight excluding hydrogens is 439 g/mol. The highest BCUT2D eigenvalue weighted by Gasteiger charge is 2.23. The van der Waals surface area contributed by atoms with E-state index >= 15 is 0 Å². The van der Waals surface area contributed by atoms with Crippen molar-refractivity contribution < 1.29 is 9.13 Å². The molecule has 10 heteroatoms. The third-order valence-electron chi connectivity index (χ3n) is 6.84. The first-order valence-corrected chi connectivity index (χ1v) is 11.6. The van der Waals surface area contributed by atoms with E-state index in [-0.39, 0.29) is 12.4 Å². The van der Waals surface area contributed by atoms with Crippen molar-refractivity contribution in [2.45, 2.75) is 33.4 Å². The minimum atomic E-state index is -0.448. The Morgan fingerprint density at radius 1 is 1.00 bits per heavy atom. The lowest BCUT2D eigenvalue weighted by Gasteiger charge is -2.26. The summed E-state index contributed by atoms with van der Waals surface area (Å²) in [5, 5.41) is 0. The Balaban J connectivity index is 1.56. The lowest BCUT2D eigenvalue weighted by molar-refractivity contribution is 0.0369. The molecule has 5 rings (SSSR count). The third kappa shape index (κ3) is 3.76. The number of rotatable bonds is 6. The van der Waals surface area contributed by atoms with Gasteiger partial charge < -0.3 is 9.30 Å². The quantitative estimate of drug-likeness (QED) is 0.430. The molecule has 0 spiro atoms. The predicted octanol–water partition coefficient (Wildman–Crippen LogP) is 1.68. The Morgan fingerprint density at radius 3 is 2.41 bits per heavy atom. The van der Waals surface area contributed by atoms with Crippen molar-refractivity contribution in [2.24, 2.45) is 7.05 Å². The Kier molecular flexibility index (Phi) is 5.86. The molecule has 0 unspecified atom stereocenters. The largest absolute Gasteiger partial charge is 0.379 e. The summed E-state index contributed by atoms with van der Waals surface area (Å²) in [5.41, 5.74) is 2.54. The van der Waals surface area contributed by atoms with E-state index in [9.17, 15) is 14.0 Å². The monoisotopic (exact) mass is 468 g/mol. The van der Waals surface area contributed by atoms with Gasteiger partial charge in [-0.05, 0) is 38.0 Å². The fraction of sp³-hybridized carbons (Fsp3) is 0.458. The molecule has 0 amide bonds. The Labute approximate surface area is 195 Å². The summed E-state index contributed by atoms with van der Waals surface area (Å²) >= 11 is 0. The van der Waals surface area contributed by atoms with Crippen LogP contribution in [0, 0.1) is 19.7 Å². The van der Waals surface area contributed by atoms with E-state index in [1.807, 2.05) is 18.2 Å². The second-order valence-electron chi connectivity index (χ2n) is 8.91. The van der Waals surface area contributed by atoms with Crippen molar-refractivity contribution in [2.75, 3.05) is 32.8 Å². The van der Waals surface area contributed by atoms with E-state index in [0.717, 1.165) is 57.2 Å². The highest BCUT2D eigenvalue weighted by molar-refractivity contribution is 5.76. The molecular formula is C24H29FN6O3. The number of fused-ring (bicyclic) bond motifs is 3. The number of hydrogen-bond donors (Lipinski definition) is 0. The first-order chi connectivity index (χ1) is 16.4. The molecule has 4 aromatic rings. The second kappa shape index (κ2) is 8.84. The van der Waals surface area contributed by atoms with Gasteiger partial charge in [0.2, 0.25) is 5.78 Å². The highest BCUT2D eigenvalue weighted by atomic mass is 19.1. The SMILES string of the molecule is Cc1c(C)n2c3c(=O)n(Cc4ccc(F)cc4)c(=O)n(C)c3nc2n1CCCN1CCOCC1. The zero-order chi connectivity index (χ0) is 24.0. The van der Waals surface area contributed by atoms with E-state index in [1.54, 1.807) is 19.2 Å². The number of imidazole rings is 2. The van der Waals surface area contributed by atoms with Gasteiger partial charge in [0.1, 0.15) is 5.82 Å². The lowest BCUT2D eigenvalue weighted by atomic mass is 10.2. The molecule has 34 heavy (non-hydrogen) atoms. The normalized spacial score (nSPS) is 15.1. The number of hydrogen-bond acceptors (Lipinski definition) is 5. The van der Waals surface area contributed by atoms with E-state index in [1.165, 1.54) is 21.3 Å². The van der Waals surface area contributed by atoms with Crippen LogP contribution < -0.4 is 11.2 Å². The zero-order valence-electron chi connectivity index (χ0n) is 19.8. The van der Waals surface area contributed by atoms with Crippen LogP contribution in [0.15, 0.2) is 33.9 Å². The van der Waals surface area contributed by atoms with E-state index in [0.29, 0.717) is 22.5 Å². The number of halogens is 1. The Bertz CT molecular complexity index is 1470. The van der Waals surface area contributed by atoms with Crippen molar-refractivity contribution >= 4 is 16.9 Å². The maximum atomic E-state index is 13.5. The molecule has 180 valence electrons. The van der Waals surface area contributed by atoms with E-state index < -0.39 is 11.2 Å². The molecule has 0 saturated carbocycles. The minimum Gasteiger partial charge on any atom is -0.379 e. The van der Waals surface area contributed by atoms with Crippen molar-refractivity contribution in [1.29, 1.82) is 0 Å². The first-order valence-electron chi connectivity index (χ1n) is 11.6. The fourth-order valence-corrected chi connectivity index (χ4v) is 4.77. The predicted molar refractivity (Wildman–Crippen MR) is 127 cm³/mol. The van der Waals surface area contributed by atoms with Crippen molar-refractivity contribution in [3.63, 3.8) is 0 Å².